The van der Waals surface area contributed by atoms with Crippen molar-refractivity contribution < 1.29 is 5.11 Å². The van der Waals surface area contributed by atoms with E-state index in [1.165, 1.54) is 0 Å². The Morgan fingerprint density at radius 3 is 2.59 bits per heavy atom. The minimum atomic E-state index is -0.506. The van der Waals surface area contributed by atoms with Crippen molar-refractivity contribution in [1.29, 1.82) is 0 Å². The van der Waals surface area contributed by atoms with E-state index in [1.54, 1.807) is 0 Å². The van der Waals surface area contributed by atoms with E-state index in [2.05, 4.69) is 11.0 Å². The van der Waals surface area contributed by atoms with Gasteiger partial charge < -0.3 is 15.7 Å². The van der Waals surface area contributed by atoms with Crippen LogP contribution in [0.25, 0.3) is 0 Å². The van der Waals surface area contributed by atoms with Gasteiger partial charge in [0.25, 0.3) is 0 Å². The molecule has 1 aliphatic carbocycles. The summed E-state index contributed by atoms with van der Waals surface area (Å²) in [6.07, 6.45) is 4.11. The first-order valence-corrected chi connectivity index (χ1v) is 6.30. The number of hydrogen-bond acceptors (Lipinski definition) is 3. The lowest BCUT2D eigenvalue weighted by molar-refractivity contribution is 0.0559. The predicted molar refractivity (Wildman–Crippen MR) is 72.3 cm³/mol. The molecule has 0 radical (unpaired) electrons. The highest BCUT2D eigenvalue weighted by Crippen LogP contribution is 2.31. The summed E-state index contributed by atoms with van der Waals surface area (Å²) >= 11 is 0. The number of likely N-dealkylation sites (N-methyl/N-ethyl adjacent to an activating group) is 1. The van der Waals surface area contributed by atoms with E-state index in [0.29, 0.717) is 6.54 Å². The molecule has 0 unspecified atom stereocenters. The molecule has 17 heavy (non-hydrogen) atoms. The van der Waals surface area contributed by atoms with Gasteiger partial charge in [-0.15, -0.1) is 0 Å². The number of aliphatic hydroxyl groups is 1. The third-order valence-corrected chi connectivity index (χ3v) is 3.77. The van der Waals surface area contributed by atoms with E-state index in [9.17, 15) is 5.11 Å². The zero-order valence-corrected chi connectivity index (χ0v) is 10.7. The molecule has 94 valence electrons. The van der Waals surface area contributed by atoms with E-state index in [4.69, 9.17) is 5.73 Å². The van der Waals surface area contributed by atoms with Gasteiger partial charge in [0.05, 0.1) is 5.60 Å². The Balaban J connectivity index is 2.08. The lowest BCUT2D eigenvalue weighted by atomic mass is 10.0. The summed E-state index contributed by atoms with van der Waals surface area (Å²) < 4.78 is 0. The minimum Gasteiger partial charge on any atom is -0.398 e. The third kappa shape index (κ3) is 2.72. The molecule has 2 rings (SSSR count). The second-order valence-electron chi connectivity index (χ2n) is 5.33. The highest BCUT2D eigenvalue weighted by atomic mass is 16.3. The molecule has 0 aliphatic heterocycles. The molecule has 0 aromatic heterocycles. The van der Waals surface area contributed by atoms with Crippen LogP contribution in [0.5, 0.6) is 0 Å². The van der Waals surface area contributed by atoms with Gasteiger partial charge in [-0.25, -0.2) is 0 Å². The van der Waals surface area contributed by atoms with Crippen LogP contribution in [0.2, 0.25) is 0 Å². The smallest absolute Gasteiger partial charge is 0.0821 e. The first kappa shape index (κ1) is 12.2. The van der Waals surface area contributed by atoms with Gasteiger partial charge >= 0.3 is 0 Å². The summed E-state index contributed by atoms with van der Waals surface area (Å²) in [5.41, 5.74) is 8.39. The fourth-order valence-corrected chi connectivity index (χ4v) is 2.59. The van der Waals surface area contributed by atoms with Crippen LogP contribution in [0.3, 0.4) is 0 Å². The van der Waals surface area contributed by atoms with E-state index in [-0.39, 0.29) is 0 Å². The summed E-state index contributed by atoms with van der Waals surface area (Å²) in [5, 5.41) is 10.4. The zero-order valence-electron chi connectivity index (χ0n) is 10.7. The molecular weight excluding hydrogens is 212 g/mol. The van der Waals surface area contributed by atoms with Crippen molar-refractivity contribution >= 4 is 11.4 Å². The molecule has 3 nitrogen and oxygen atoms in total. The molecule has 1 aliphatic rings. The molecule has 0 saturated heterocycles. The Morgan fingerprint density at radius 2 is 2.00 bits per heavy atom. The van der Waals surface area contributed by atoms with Crippen LogP contribution < -0.4 is 10.6 Å². The highest BCUT2D eigenvalue weighted by molar-refractivity contribution is 5.59. The van der Waals surface area contributed by atoms with Crippen molar-refractivity contribution in [2.45, 2.75) is 38.2 Å². The van der Waals surface area contributed by atoms with Crippen molar-refractivity contribution in [1.82, 2.24) is 0 Å². The Kier molecular flexibility index (Phi) is 3.29. The first-order chi connectivity index (χ1) is 8.00. The summed E-state index contributed by atoms with van der Waals surface area (Å²) in [4.78, 5) is 2.10. The fourth-order valence-electron chi connectivity index (χ4n) is 2.59. The van der Waals surface area contributed by atoms with Crippen LogP contribution in [0.1, 0.15) is 31.2 Å². The van der Waals surface area contributed by atoms with Gasteiger partial charge in [0, 0.05) is 25.0 Å². The van der Waals surface area contributed by atoms with Gasteiger partial charge in [0.1, 0.15) is 0 Å². The van der Waals surface area contributed by atoms with Gasteiger partial charge in [-0.3, -0.25) is 0 Å². The monoisotopic (exact) mass is 234 g/mol. The van der Waals surface area contributed by atoms with E-state index >= 15 is 0 Å². The Bertz CT molecular complexity index is 397. The van der Waals surface area contributed by atoms with E-state index in [1.807, 2.05) is 26.1 Å². The third-order valence-electron chi connectivity index (χ3n) is 3.77. The van der Waals surface area contributed by atoms with Crippen LogP contribution >= 0.6 is 0 Å². The maximum atomic E-state index is 10.4. The van der Waals surface area contributed by atoms with Crippen molar-refractivity contribution in [3.63, 3.8) is 0 Å². The van der Waals surface area contributed by atoms with Crippen LogP contribution in [-0.4, -0.2) is 24.3 Å². The summed E-state index contributed by atoms with van der Waals surface area (Å²) in [7, 11) is 2.01. The van der Waals surface area contributed by atoms with E-state index < -0.39 is 5.60 Å². The number of aryl methyl sites for hydroxylation is 1. The standard InChI is InChI=1S/C14H22N2O/c1-11-5-6-12(9-13(11)15)16(2)10-14(17)7-3-4-8-14/h5-6,9,17H,3-4,7-8,10,15H2,1-2H3. The second-order valence-corrected chi connectivity index (χ2v) is 5.33. The number of benzene rings is 1. The van der Waals surface area contributed by atoms with Crippen molar-refractivity contribution in [3.05, 3.63) is 23.8 Å². The maximum absolute atomic E-state index is 10.4. The van der Waals surface area contributed by atoms with Crippen LogP contribution in [0, 0.1) is 6.92 Å². The minimum absolute atomic E-state index is 0.506. The van der Waals surface area contributed by atoms with Crippen molar-refractivity contribution in [2.75, 3.05) is 24.2 Å². The van der Waals surface area contributed by atoms with Crippen LogP contribution in [-0.2, 0) is 0 Å². The van der Waals surface area contributed by atoms with Crippen molar-refractivity contribution in [3.8, 4) is 0 Å². The van der Waals surface area contributed by atoms with Crippen molar-refractivity contribution in [2.24, 2.45) is 0 Å². The largest absolute Gasteiger partial charge is 0.398 e. The number of nitrogens with zero attached hydrogens (tertiary/aromatic N) is 1. The molecular formula is C14H22N2O. The fraction of sp³-hybridized carbons (Fsp3) is 0.571. The van der Waals surface area contributed by atoms with Gasteiger partial charge in [0.2, 0.25) is 0 Å². The first-order valence-electron chi connectivity index (χ1n) is 6.30. The topological polar surface area (TPSA) is 49.5 Å². The average Bonchev–Trinajstić information content (AvgIpc) is 2.69. The quantitative estimate of drug-likeness (QED) is 0.789. The molecule has 0 amide bonds. The summed E-state index contributed by atoms with van der Waals surface area (Å²) in [6, 6.07) is 6.07. The number of nitrogens with two attached hydrogens (primary N) is 1. The Hall–Kier alpha value is -1.22. The second kappa shape index (κ2) is 4.57. The van der Waals surface area contributed by atoms with Crippen LogP contribution in [0.4, 0.5) is 11.4 Å². The molecule has 0 bridgehead atoms. The zero-order chi connectivity index (χ0) is 12.5. The van der Waals surface area contributed by atoms with E-state index in [0.717, 1.165) is 42.6 Å². The molecule has 0 atom stereocenters. The normalized spacial score (nSPS) is 18.3. The van der Waals surface area contributed by atoms with Gasteiger partial charge in [-0.05, 0) is 37.5 Å². The number of rotatable bonds is 3. The Morgan fingerprint density at radius 1 is 1.35 bits per heavy atom. The van der Waals surface area contributed by atoms with Gasteiger partial charge in [0.15, 0.2) is 0 Å². The molecule has 0 heterocycles. The van der Waals surface area contributed by atoms with Gasteiger partial charge in [-0.2, -0.15) is 0 Å². The SMILES string of the molecule is Cc1ccc(N(C)CC2(O)CCCC2)cc1N. The molecule has 3 N–H and O–H groups in total. The molecule has 0 spiro atoms. The summed E-state index contributed by atoms with van der Waals surface area (Å²) in [6.45, 7) is 2.69. The number of nitrogen functional groups attached to an aromatic ring is 1. The average molecular weight is 234 g/mol. The summed E-state index contributed by atoms with van der Waals surface area (Å²) in [5.74, 6) is 0. The molecule has 1 aromatic rings. The lowest BCUT2D eigenvalue weighted by Crippen LogP contribution is -2.39. The molecule has 1 saturated carbocycles. The molecule has 1 fully saturated rings. The Labute approximate surface area is 103 Å². The lowest BCUT2D eigenvalue weighted by Gasteiger charge is -2.30. The molecule has 3 heteroatoms. The maximum Gasteiger partial charge on any atom is 0.0821 e. The predicted octanol–water partition coefficient (Wildman–Crippen LogP) is 2.32. The van der Waals surface area contributed by atoms with Gasteiger partial charge in [-0.1, -0.05) is 18.9 Å². The number of anilines is 2. The number of hydrogen-bond donors (Lipinski definition) is 2. The molecule has 1 aromatic carbocycles. The highest BCUT2D eigenvalue weighted by Gasteiger charge is 2.32. The van der Waals surface area contributed by atoms with Crippen LogP contribution in [0.15, 0.2) is 18.2 Å².